The fourth-order valence-corrected chi connectivity index (χ4v) is 2.51. The van der Waals surface area contributed by atoms with E-state index < -0.39 is 0 Å². The molecule has 106 valence electrons. The Morgan fingerprint density at radius 2 is 2.40 bits per heavy atom. The summed E-state index contributed by atoms with van der Waals surface area (Å²) in [5.74, 6) is 0.432. The number of carbonyl (C=O) groups excluding carboxylic acids is 1. The maximum absolute atomic E-state index is 12.3. The average molecular weight is 292 g/mol. The van der Waals surface area contributed by atoms with Crippen LogP contribution in [-0.2, 0) is 4.74 Å². The molecule has 20 heavy (non-hydrogen) atoms. The number of H-pyrrole nitrogens is 1. The predicted molar refractivity (Wildman–Crippen MR) is 77.3 cm³/mol. The minimum atomic E-state index is -0.108. The van der Waals surface area contributed by atoms with Crippen molar-refractivity contribution < 1.29 is 13.9 Å². The number of aromatic nitrogens is 1. The monoisotopic (exact) mass is 292 g/mol. The molecule has 2 N–H and O–H groups in total. The lowest BCUT2D eigenvalue weighted by molar-refractivity contribution is 0.0884. The van der Waals surface area contributed by atoms with E-state index in [-0.39, 0.29) is 11.9 Å². The molecule has 1 amide bonds. The van der Waals surface area contributed by atoms with Gasteiger partial charge in [-0.05, 0) is 49.2 Å². The minimum Gasteiger partial charge on any atom is -0.429 e. The van der Waals surface area contributed by atoms with Crippen molar-refractivity contribution in [3.05, 3.63) is 28.6 Å². The summed E-state index contributed by atoms with van der Waals surface area (Å²) in [6, 6.07) is 5.34. The molecule has 1 fully saturated rings. The number of hydrogen-bond donors (Lipinski definition) is 2. The number of amides is 1. The summed E-state index contributed by atoms with van der Waals surface area (Å²) in [6.07, 6.45) is 2.31. The lowest BCUT2D eigenvalue weighted by atomic mass is 10.1. The van der Waals surface area contributed by atoms with Crippen LogP contribution in [0.1, 0.15) is 23.2 Å². The standard InChI is InChI=1S/C14H16N2O3S/c1-18-7-11(8-2-3-8)15-13(17)9-4-5-10-12(6-9)19-14(20)16-10/h4-6,8,11H,2-3,7H2,1H3,(H,15,17)(H,16,20)/t11-/m0/s1. The van der Waals surface area contributed by atoms with Gasteiger partial charge >= 0.3 is 0 Å². The van der Waals surface area contributed by atoms with Crippen LogP contribution >= 0.6 is 12.2 Å². The molecule has 6 heteroatoms. The van der Waals surface area contributed by atoms with Crippen molar-refractivity contribution in [3.8, 4) is 0 Å². The van der Waals surface area contributed by atoms with Crippen molar-refractivity contribution in [2.75, 3.05) is 13.7 Å². The first kappa shape index (κ1) is 13.3. The normalized spacial score (nSPS) is 16.2. The number of methoxy groups -OCH3 is 1. The van der Waals surface area contributed by atoms with Crippen LogP contribution in [0, 0.1) is 10.8 Å². The fraction of sp³-hybridized carbons (Fsp3) is 0.429. The van der Waals surface area contributed by atoms with Gasteiger partial charge in [-0.15, -0.1) is 0 Å². The van der Waals surface area contributed by atoms with Crippen molar-refractivity contribution in [1.82, 2.24) is 10.3 Å². The number of ether oxygens (including phenoxy) is 1. The van der Waals surface area contributed by atoms with Crippen LogP contribution in [0.2, 0.25) is 0 Å². The Labute approximate surface area is 121 Å². The Bertz CT molecular complexity index is 687. The van der Waals surface area contributed by atoms with Crippen molar-refractivity contribution in [3.63, 3.8) is 0 Å². The van der Waals surface area contributed by atoms with E-state index in [2.05, 4.69) is 10.3 Å². The van der Waals surface area contributed by atoms with Gasteiger partial charge in [0.2, 0.25) is 0 Å². The van der Waals surface area contributed by atoms with Crippen LogP contribution in [0.25, 0.3) is 11.1 Å². The molecule has 1 aliphatic carbocycles. The molecule has 2 aromatic rings. The smallest absolute Gasteiger partial charge is 0.266 e. The molecule has 1 aromatic carbocycles. The third kappa shape index (κ3) is 2.76. The maximum atomic E-state index is 12.3. The predicted octanol–water partition coefficient (Wildman–Crippen LogP) is 2.65. The van der Waals surface area contributed by atoms with E-state index in [1.54, 1.807) is 25.3 Å². The second-order valence-electron chi connectivity index (χ2n) is 5.10. The molecule has 0 saturated heterocycles. The number of aromatic amines is 1. The molecule has 1 saturated carbocycles. The number of fused-ring (bicyclic) bond motifs is 1. The van der Waals surface area contributed by atoms with Gasteiger partial charge in [-0.25, -0.2) is 0 Å². The summed E-state index contributed by atoms with van der Waals surface area (Å²) in [5.41, 5.74) is 1.96. The fourth-order valence-electron chi connectivity index (χ4n) is 2.31. The molecule has 1 heterocycles. The Balaban J connectivity index is 1.78. The highest BCUT2D eigenvalue weighted by Gasteiger charge is 2.32. The molecule has 1 atom stereocenters. The zero-order valence-electron chi connectivity index (χ0n) is 11.1. The van der Waals surface area contributed by atoms with Gasteiger partial charge in [0.05, 0.1) is 18.2 Å². The summed E-state index contributed by atoms with van der Waals surface area (Å²) in [5, 5.41) is 3.03. The quantitative estimate of drug-likeness (QED) is 0.831. The molecule has 0 radical (unpaired) electrons. The number of benzene rings is 1. The van der Waals surface area contributed by atoms with Gasteiger partial charge in [0.1, 0.15) is 0 Å². The first-order valence-corrected chi connectivity index (χ1v) is 7.01. The molecular formula is C14H16N2O3S. The topological polar surface area (TPSA) is 67.3 Å². The van der Waals surface area contributed by atoms with Crippen LogP contribution in [0.15, 0.2) is 22.6 Å². The molecule has 1 aliphatic rings. The SMILES string of the molecule is COC[C@H](NC(=O)c1ccc2[nH]c(=S)oc2c1)C1CC1. The van der Waals surface area contributed by atoms with Gasteiger partial charge in [-0.3, -0.25) is 4.79 Å². The van der Waals surface area contributed by atoms with E-state index in [1.807, 2.05) is 0 Å². The van der Waals surface area contributed by atoms with E-state index in [4.69, 9.17) is 21.4 Å². The zero-order chi connectivity index (χ0) is 14.1. The number of oxazole rings is 1. The number of rotatable bonds is 5. The molecule has 0 unspecified atom stereocenters. The Morgan fingerprint density at radius 3 is 3.10 bits per heavy atom. The summed E-state index contributed by atoms with van der Waals surface area (Å²) < 4.78 is 10.5. The lowest BCUT2D eigenvalue weighted by Gasteiger charge is -2.17. The van der Waals surface area contributed by atoms with Gasteiger partial charge in [-0.2, -0.15) is 0 Å². The second-order valence-corrected chi connectivity index (χ2v) is 5.47. The van der Waals surface area contributed by atoms with Crippen LogP contribution in [0.5, 0.6) is 0 Å². The minimum absolute atomic E-state index is 0.0841. The highest BCUT2D eigenvalue weighted by atomic mass is 32.1. The molecular weight excluding hydrogens is 276 g/mol. The molecule has 0 aliphatic heterocycles. The number of nitrogens with one attached hydrogen (secondary N) is 2. The molecule has 0 bridgehead atoms. The third-order valence-electron chi connectivity index (χ3n) is 3.54. The largest absolute Gasteiger partial charge is 0.429 e. The van der Waals surface area contributed by atoms with Crippen molar-refractivity contribution in [1.29, 1.82) is 0 Å². The molecule has 3 rings (SSSR count). The molecule has 0 spiro atoms. The van der Waals surface area contributed by atoms with Gasteiger partial charge < -0.3 is 19.5 Å². The summed E-state index contributed by atoms with van der Waals surface area (Å²) in [4.78, 5) is 15.5. The van der Waals surface area contributed by atoms with E-state index in [9.17, 15) is 4.79 Å². The third-order valence-corrected chi connectivity index (χ3v) is 3.72. The van der Waals surface area contributed by atoms with E-state index in [0.717, 1.165) is 18.4 Å². The molecule has 1 aromatic heterocycles. The lowest BCUT2D eigenvalue weighted by Crippen LogP contribution is -2.39. The average Bonchev–Trinajstić information content (AvgIpc) is 3.19. The first-order valence-electron chi connectivity index (χ1n) is 6.60. The van der Waals surface area contributed by atoms with Gasteiger partial charge in [-0.1, -0.05) is 0 Å². The van der Waals surface area contributed by atoms with E-state index in [0.29, 0.717) is 28.5 Å². The maximum Gasteiger partial charge on any atom is 0.266 e. The summed E-state index contributed by atoms with van der Waals surface area (Å²) >= 11 is 4.93. The number of hydrogen-bond acceptors (Lipinski definition) is 4. The Morgan fingerprint density at radius 1 is 1.60 bits per heavy atom. The highest BCUT2D eigenvalue weighted by molar-refractivity contribution is 7.71. The highest BCUT2D eigenvalue weighted by Crippen LogP contribution is 2.32. The first-order chi connectivity index (χ1) is 9.67. The van der Waals surface area contributed by atoms with Crippen LogP contribution in [0.3, 0.4) is 0 Å². The Kier molecular flexibility index (Phi) is 3.58. The zero-order valence-corrected chi connectivity index (χ0v) is 12.0. The van der Waals surface area contributed by atoms with Crippen LogP contribution < -0.4 is 5.32 Å². The van der Waals surface area contributed by atoms with Gasteiger partial charge in [0, 0.05) is 12.7 Å². The van der Waals surface area contributed by atoms with Crippen molar-refractivity contribution in [2.45, 2.75) is 18.9 Å². The van der Waals surface area contributed by atoms with Gasteiger partial charge in [0.15, 0.2) is 5.58 Å². The number of carbonyl (C=O) groups is 1. The summed E-state index contributed by atoms with van der Waals surface area (Å²) in [6.45, 7) is 0.545. The summed E-state index contributed by atoms with van der Waals surface area (Å²) in [7, 11) is 1.65. The van der Waals surface area contributed by atoms with E-state index in [1.165, 1.54) is 0 Å². The molecule has 5 nitrogen and oxygen atoms in total. The van der Waals surface area contributed by atoms with Crippen molar-refractivity contribution in [2.24, 2.45) is 5.92 Å². The van der Waals surface area contributed by atoms with Crippen LogP contribution in [-0.4, -0.2) is 30.6 Å². The van der Waals surface area contributed by atoms with Gasteiger partial charge in [0.25, 0.3) is 10.7 Å². The van der Waals surface area contributed by atoms with E-state index >= 15 is 0 Å². The van der Waals surface area contributed by atoms with Crippen molar-refractivity contribution >= 4 is 29.2 Å². The second kappa shape index (κ2) is 5.38. The Hall–Kier alpha value is -1.66. The van der Waals surface area contributed by atoms with Crippen LogP contribution in [0.4, 0.5) is 0 Å².